The van der Waals surface area contributed by atoms with Crippen LogP contribution in [0.15, 0.2) is 72.9 Å². The highest BCUT2D eigenvalue weighted by Crippen LogP contribution is 2.31. The minimum Gasteiger partial charge on any atom is -0.375 e. The Morgan fingerprint density at radius 1 is 0.840 bits per heavy atom. The van der Waals surface area contributed by atoms with Crippen molar-refractivity contribution >= 4 is 17.2 Å². The Hall–Kier alpha value is -3.41. The molecule has 25 heavy (non-hydrogen) atoms. The molecule has 0 fully saturated rings. The van der Waals surface area contributed by atoms with Crippen LogP contribution >= 0.6 is 0 Å². The van der Waals surface area contributed by atoms with Gasteiger partial charge in [0, 0.05) is 19.3 Å². The molecule has 0 unspecified atom stereocenters. The number of benzene rings is 2. The minimum absolute atomic E-state index is 0.0469. The molecule has 6 nitrogen and oxygen atoms in total. The summed E-state index contributed by atoms with van der Waals surface area (Å²) in [5.74, 6) is 0.256. The highest BCUT2D eigenvalue weighted by Gasteiger charge is 2.21. The summed E-state index contributed by atoms with van der Waals surface area (Å²) >= 11 is 0. The second-order valence-electron chi connectivity index (χ2n) is 5.49. The first-order valence-electron chi connectivity index (χ1n) is 7.93. The van der Waals surface area contributed by atoms with Gasteiger partial charge in [-0.3, -0.25) is 10.1 Å². The molecule has 0 amide bonds. The molecule has 0 aliphatic carbocycles. The number of hydrogen-bond donors (Lipinski definition) is 2. The maximum atomic E-state index is 11.6. The predicted molar refractivity (Wildman–Crippen MR) is 98.4 cm³/mol. The van der Waals surface area contributed by atoms with Crippen LogP contribution in [0.2, 0.25) is 0 Å². The van der Waals surface area contributed by atoms with Gasteiger partial charge in [-0.25, -0.2) is 4.98 Å². The van der Waals surface area contributed by atoms with Crippen LogP contribution in [0, 0.1) is 10.1 Å². The molecule has 6 heteroatoms. The van der Waals surface area contributed by atoms with Gasteiger partial charge in [0.25, 0.3) is 0 Å². The molecule has 0 aliphatic rings. The quantitative estimate of drug-likeness (QED) is 0.499. The van der Waals surface area contributed by atoms with Crippen molar-refractivity contribution in [1.29, 1.82) is 0 Å². The Morgan fingerprint density at radius 3 is 1.96 bits per heavy atom. The molecule has 3 rings (SSSR count). The van der Waals surface area contributed by atoms with Gasteiger partial charge in [-0.05, 0) is 17.2 Å². The van der Waals surface area contributed by atoms with E-state index in [0.717, 1.165) is 11.1 Å². The van der Waals surface area contributed by atoms with E-state index in [1.807, 2.05) is 60.7 Å². The van der Waals surface area contributed by atoms with Crippen LogP contribution in [0.1, 0.15) is 11.1 Å². The maximum Gasteiger partial charge on any atom is 0.334 e. The van der Waals surface area contributed by atoms with E-state index in [4.69, 9.17) is 0 Å². The Morgan fingerprint density at radius 2 is 1.40 bits per heavy atom. The van der Waals surface area contributed by atoms with E-state index >= 15 is 0 Å². The zero-order valence-electron chi connectivity index (χ0n) is 13.6. The fourth-order valence-corrected chi connectivity index (χ4v) is 2.49. The fraction of sp³-hybridized carbons (Fsp3) is 0.105. The van der Waals surface area contributed by atoms with E-state index in [0.29, 0.717) is 18.8 Å². The first kappa shape index (κ1) is 16.4. The standard InChI is InChI=1S/C19H18N4O2/c24-23(25)18-17(21-13-15-7-3-1-4-8-15)11-12-20-19(18)22-14-16-9-5-2-6-10-16/h1-12H,13-14H2,(H2,20,21,22). The van der Waals surface area contributed by atoms with Crippen molar-refractivity contribution in [2.45, 2.75) is 13.1 Å². The van der Waals surface area contributed by atoms with Crippen LogP contribution in [-0.2, 0) is 13.1 Å². The van der Waals surface area contributed by atoms with Gasteiger partial charge in [0.2, 0.25) is 5.82 Å². The first-order valence-corrected chi connectivity index (χ1v) is 7.93. The lowest BCUT2D eigenvalue weighted by Gasteiger charge is -2.11. The smallest absolute Gasteiger partial charge is 0.334 e. The molecule has 0 atom stereocenters. The van der Waals surface area contributed by atoms with Gasteiger partial charge < -0.3 is 10.6 Å². The van der Waals surface area contributed by atoms with Gasteiger partial charge in [-0.1, -0.05) is 60.7 Å². The van der Waals surface area contributed by atoms with Crippen LogP contribution in [0.3, 0.4) is 0 Å². The highest BCUT2D eigenvalue weighted by atomic mass is 16.6. The summed E-state index contributed by atoms with van der Waals surface area (Å²) in [7, 11) is 0. The van der Waals surface area contributed by atoms with Crippen molar-refractivity contribution in [3.8, 4) is 0 Å². The lowest BCUT2D eigenvalue weighted by Crippen LogP contribution is -2.08. The monoisotopic (exact) mass is 334 g/mol. The largest absolute Gasteiger partial charge is 0.375 e. The molecule has 0 radical (unpaired) electrons. The normalized spacial score (nSPS) is 10.2. The van der Waals surface area contributed by atoms with Crippen LogP contribution in [0.5, 0.6) is 0 Å². The Labute approximate surface area is 145 Å². The SMILES string of the molecule is O=[N+]([O-])c1c(NCc2ccccc2)ccnc1NCc1ccccc1. The van der Waals surface area contributed by atoms with Gasteiger partial charge in [0.05, 0.1) is 4.92 Å². The van der Waals surface area contributed by atoms with E-state index in [1.165, 1.54) is 0 Å². The van der Waals surface area contributed by atoms with Gasteiger partial charge >= 0.3 is 5.69 Å². The third-order valence-electron chi connectivity index (χ3n) is 3.74. The van der Waals surface area contributed by atoms with Gasteiger partial charge in [0.15, 0.2) is 0 Å². The minimum atomic E-state index is -0.409. The van der Waals surface area contributed by atoms with Crippen molar-refractivity contribution in [3.63, 3.8) is 0 Å². The highest BCUT2D eigenvalue weighted by molar-refractivity contribution is 5.72. The zero-order chi connectivity index (χ0) is 17.5. The summed E-state index contributed by atoms with van der Waals surface area (Å²) in [6, 6.07) is 21.1. The van der Waals surface area contributed by atoms with Crippen molar-refractivity contribution in [2.75, 3.05) is 10.6 Å². The summed E-state index contributed by atoms with van der Waals surface area (Å²) in [5, 5.41) is 17.7. The zero-order valence-corrected chi connectivity index (χ0v) is 13.6. The topological polar surface area (TPSA) is 80.1 Å². The molecule has 2 N–H and O–H groups in total. The molecule has 1 aromatic heterocycles. The van der Waals surface area contributed by atoms with Gasteiger partial charge in [0.1, 0.15) is 5.69 Å². The van der Waals surface area contributed by atoms with Crippen molar-refractivity contribution in [3.05, 3.63) is 94.2 Å². The molecule has 0 bridgehead atoms. The second-order valence-corrected chi connectivity index (χ2v) is 5.49. The maximum absolute atomic E-state index is 11.6. The van der Waals surface area contributed by atoms with Crippen molar-refractivity contribution < 1.29 is 4.92 Å². The molecular weight excluding hydrogens is 316 g/mol. The molecule has 0 saturated carbocycles. The van der Waals surface area contributed by atoms with E-state index in [9.17, 15) is 10.1 Å². The molecule has 1 heterocycles. The lowest BCUT2D eigenvalue weighted by atomic mass is 10.2. The van der Waals surface area contributed by atoms with Crippen molar-refractivity contribution in [2.24, 2.45) is 0 Å². The summed E-state index contributed by atoms with van der Waals surface area (Å²) in [5.41, 5.74) is 2.47. The molecule has 0 spiro atoms. The number of anilines is 2. The fourth-order valence-electron chi connectivity index (χ4n) is 2.49. The summed E-state index contributed by atoms with van der Waals surface area (Å²) in [6.45, 7) is 0.973. The van der Waals surface area contributed by atoms with Crippen LogP contribution < -0.4 is 10.6 Å². The van der Waals surface area contributed by atoms with E-state index in [-0.39, 0.29) is 11.5 Å². The second kappa shape index (κ2) is 7.92. The van der Waals surface area contributed by atoms with E-state index in [2.05, 4.69) is 15.6 Å². The van der Waals surface area contributed by atoms with E-state index in [1.54, 1.807) is 12.3 Å². The third kappa shape index (κ3) is 4.32. The van der Waals surface area contributed by atoms with E-state index < -0.39 is 4.92 Å². The average molecular weight is 334 g/mol. The number of hydrogen-bond acceptors (Lipinski definition) is 5. The molecule has 2 aromatic carbocycles. The Balaban J connectivity index is 1.78. The van der Waals surface area contributed by atoms with Gasteiger partial charge in [-0.15, -0.1) is 0 Å². The van der Waals surface area contributed by atoms with Crippen LogP contribution in [-0.4, -0.2) is 9.91 Å². The van der Waals surface area contributed by atoms with Crippen LogP contribution in [0.25, 0.3) is 0 Å². The Kier molecular flexibility index (Phi) is 5.21. The number of nitrogens with one attached hydrogen (secondary N) is 2. The van der Waals surface area contributed by atoms with Gasteiger partial charge in [-0.2, -0.15) is 0 Å². The summed E-state index contributed by atoms with van der Waals surface area (Å²) < 4.78 is 0. The number of rotatable bonds is 7. The lowest BCUT2D eigenvalue weighted by molar-refractivity contribution is -0.383. The first-order chi connectivity index (χ1) is 12.2. The van der Waals surface area contributed by atoms with Crippen molar-refractivity contribution in [1.82, 2.24) is 4.98 Å². The third-order valence-corrected chi connectivity index (χ3v) is 3.74. The molecular formula is C19H18N4O2. The average Bonchev–Trinajstić information content (AvgIpc) is 2.66. The summed E-state index contributed by atoms with van der Waals surface area (Å²) in [6.07, 6.45) is 1.56. The number of pyridine rings is 1. The summed E-state index contributed by atoms with van der Waals surface area (Å²) in [4.78, 5) is 15.3. The number of nitrogens with zero attached hydrogens (tertiary/aromatic N) is 2. The Bertz CT molecular complexity index is 777. The number of aromatic nitrogens is 1. The van der Waals surface area contributed by atoms with Crippen LogP contribution in [0.4, 0.5) is 17.2 Å². The molecule has 126 valence electrons. The number of nitro groups is 1. The molecule has 0 aliphatic heterocycles. The predicted octanol–water partition coefficient (Wildman–Crippen LogP) is 4.21. The molecule has 3 aromatic rings. The molecule has 0 saturated heterocycles.